The summed E-state index contributed by atoms with van der Waals surface area (Å²) >= 11 is 3.35. The van der Waals surface area contributed by atoms with Crippen LogP contribution in [-0.4, -0.2) is 16.1 Å². The third-order valence-corrected chi connectivity index (χ3v) is 3.83. The maximum absolute atomic E-state index is 13.5. The summed E-state index contributed by atoms with van der Waals surface area (Å²) < 4.78 is 24.5. The number of carbonyl (C=O) groups is 1. The van der Waals surface area contributed by atoms with Gasteiger partial charge in [-0.1, -0.05) is 27.2 Å². The van der Waals surface area contributed by atoms with E-state index in [9.17, 15) is 9.18 Å². The van der Waals surface area contributed by atoms with Gasteiger partial charge in [-0.05, 0) is 48.9 Å². The van der Waals surface area contributed by atoms with Crippen molar-refractivity contribution in [3.8, 4) is 11.4 Å². The van der Waals surface area contributed by atoms with Gasteiger partial charge >= 0.3 is 5.97 Å². The van der Waals surface area contributed by atoms with Gasteiger partial charge in [0.2, 0.25) is 5.82 Å². The molecule has 122 valence electrons. The molecule has 0 spiro atoms. The maximum Gasteiger partial charge on any atom is 0.338 e. The molecule has 0 aliphatic carbocycles. The quantitative estimate of drug-likeness (QED) is 0.621. The molecule has 0 amide bonds. The number of aromatic nitrogens is 2. The minimum Gasteiger partial charge on any atom is -0.452 e. The average molecular weight is 391 g/mol. The number of esters is 1. The van der Waals surface area contributed by atoms with Crippen LogP contribution in [0.2, 0.25) is 0 Å². The predicted octanol–water partition coefficient (Wildman–Crippen LogP) is 4.30. The smallest absolute Gasteiger partial charge is 0.338 e. The first-order valence-corrected chi connectivity index (χ1v) is 7.84. The summed E-state index contributed by atoms with van der Waals surface area (Å²) in [6.45, 7) is 1.43. The van der Waals surface area contributed by atoms with Crippen molar-refractivity contribution in [2.75, 3.05) is 0 Å². The molecule has 3 aromatic rings. The highest BCUT2D eigenvalue weighted by molar-refractivity contribution is 9.10. The van der Waals surface area contributed by atoms with Gasteiger partial charge in [0, 0.05) is 10.0 Å². The zero-order chi connectivity index (χ0) is 17.1. The molecular formula is C17H12BrFN2O3. The fourth-order valence-corrected chi connectivity index (χ4v) is 2.22. The lowest BCUT2D eigenvalue weighted by Crippen LogP contribution is -2.06. The van der Waals surface area contributed by atoms with Crippen LogP contribution in [0, 0.1) is 12.7 Å². The van der Waals surface area contributed by atoms with E-state index in [-0.39, 0.29) is 18.1 Å². The summed E-state index contributed by atoms with van der Waals surface area (Å²) in [6, 6.07) is 11.5. The first kappa shape index (κ1) is 16.3. The van der Waals surface area contributed by atoms with Crippen molar-refractivity contribution in [3.63, 3.8) is 0 Å². The molecule has 0 radical (unpaired) electrons. The van der Waals surface area contributed by atoms with Gasteiger partial charge < -0.3 is 9.26 Å². The van der Waals surface area contributed by atoms with E-state index in [4.69, 9.17) is 9.26 Å². The third-order valence-electron chi connectivity index (χ3n) is 3.30. The average Bonchev–Trinajstić information content (AvgIpc) is 3.05. The van der Waals surface area contributed by atoms with Gasteiger partial charge in [-0.25, -0.2) is 9.18 Å². The Bertz CT molecular complexity index is 878. The summed E-state index contributed by atoms with van der Waals surface area (Å²) in [7, 11) is 0. The maximum atomic E-state index is 13.5. The molecule has 1 heterocycles. The van der Waals surface area contributed by atoms with Crippen LogP contribution in [-0.2, 0) is 11.3 Å². The summed E-state index contributed by atoms with van der Waals surface area (Å²) in [5.74, 6) is -0.555. The zero-order valence-electron chi connectivity index (χ0n) is 12.6. The molecular weight excluding hydrogens is 379 g/mol. The molecule has 0 aliphatic heterocycles. The number of ether oxygens (including phenoxy) is 1. The Morgan fingerprint density at radius 3 is 2.71 bits per heavy atom. The molecule has 0 N–H and O–H groups in total. The summed E-state index contributed by atoms with van der Waals surface area (Å²) in [4.78, 5) is 16.1. The minimum absolute atomic E-state index is 0.130. The van der Waals surface area contributed by atoms with Crippen molar-refractivity contribution in [1.29, 1.82) is 0 Å². The Kier molecular flexibility index (Phi) is 4.71. The zero-order valence-corrected chi connectivity index (χ0v) is 14.2. The van der Waals surface area contributed by atoms with Crippen LogP contribution < -0.4 is 0 Å². The number of nitrogens with zero attached hydrogens (tertiary/aromatic N) is 2. The van der Waals surface area contributed by atoms with Crippen LogP contribution in [0.4, 0.5) is 4.39 Å². The van der Waals surface area contributed by atoms with Crippen LogP contribution in [0.3, 0.4) is 0 Å². The fourth-order valence-electron chi connectivity index (χ4n) is 1.96. The molecule has 0 unspecified atom stereocenters. The third kappa shape index (κ3) is 3.68. The van der Waals surface area contributed by atoms with E-state index in [1.165, 1.54) is 12.1 Å². The summed E-state index contributed by atoms with van der Waals surface area (Å²) in [6.07, 6.45) is 0. The number of rotatable bonds is 4. The number of benzene rings is 2. The molecule has 0 saturated heterocycles. The first-order chi connectivity index (χ1) is 11.5. The van der Waals surface area contributed by atoms with Crippen LogP contribution >= 0.6 is 15.9 Å². The second-order valence-electron chi connectivity index (χ2n) is 5.06. The second-order valence-corrected chi connectivity index (χ2v) is 5.97. The Morgan fingerprint density at radius 2 is 2.00 bits per heavy atom. The summed E-state index contributed by atoms with van der Waals surface area (Å²) in [5, 5.41) is 3.84. The van der Waals surface area contributed by atoms with Crippen LogP contribution in [0.1, 0.15) is 21.8 Å². The molecule has 3 rings (SSSR count). The van der Waals surface area contributed by atoms with Gasteiger partial charge in [-0.2, -0.15) is 4.98 Å². The predicted molar refractivity (Wildman–Crippen MR) is 87.7 cm³/mol. The molecule has 0 atom stereocenters. The van der Waals surface area contributed by atoms with E-state index in [1.54, 1.807) is 6.92 Å². The molecule has 5 nitrogen and oxygen atoms in total. The standard InChI is InChI=1S/C17H12BrFN2O3/c1-10-2-3-12(8-14(10)19)17(22)23-9-15-20-16(21-24-15)11-4-6-13(18)7-5-11/h2-8H,9H2,1H3. The highest BCUT2D eigenvalue weighted by Crippen LogP contribution is 2.19. The van der Waals surface area contributed by atoms with Gasteiger partial charge in [0.05, 0.1) is 5.56 Å². The van der Waals surface area contributed by atoms with Crippen molar-refractivity contribution < 1.29 is 18.4 Å². The van der Waals surface area contributed by atoms with E-state index in [0.29, 0.717) is 11.4 Å². The van der Waals surface area contributed by atoms with Crippen molar-refractivity contribution in [2.45, 2.75) is 13.5 Å². The number of hydrogen-bond acceptors (Lipinski definition) is 5. The highest BCUT2D eigenvalue weighted by Gasteiger charge is 2.13. The van der Waals surface area contributed by atoms with Crippen molar-refractivity contribution in [3.05, 3.63) is 69.8 Å². The number of hydrogen-bond donors (Lipinski definition) is 0. The van der Waals surface area contributed by atoms with Gasteiger partial charge in [-0.3, -0.25) is 0 Å². The highest BCUT2D eigenvalue weighted by atomic mass is 79.9. The van der Waals surface area contributed by atoms with Crippen molar-refractivity contribution >= 4 is 21.9 Å². The first-order valence-electron chi connectivity index (χ1n) is 7.05. The molecule has 0 fully saturated rings. The van der Waals surface area contributed by atoms with Crippen molar-refractivity contribution in [1.82, 2.24) is 10.1 Å². The van der Waals surface area contributed by atoms with E-state index in [0.717, 1.165) is 16.1 Å². The SMILES string of the molecule is Cc1ccc(C(=O)OCc2nc(-c3ccc(Br)cc3)no2)cc1F. The van der Waals surface area contributed by atoms with Gasteiger partial charge in [0.1, 0.15) is 5.82 Å². The molecule has 1 aromatic heterocycles. The molecule has 7 heteroatoms. The van der Waals surface area contributed by atoms with Crippen molar-refractivity contribution in [2.24, 2.45) is 0 Å². The monoisotopic (exact) mass is 390 g/mol. The van der Waals surface area contributed by atoms with E-state index in [1.807, 2.05) is 24.3 Å². The van der Waals surface area contributed by atoms with Crippen LogP contribution in [0.5, 0.6) is 0 Å². The lowest BCUT2D eigenvalue weighted by Gasteiger charge is -2.03. The van der Waals surface area contributed by atoms with Gasteiger partial charge in [-0.15, -0.1) is 0 Å². The molecule has 0 bridgehead atoms. The largest absolute Gasteiger partial charge is 0.452 e. The molecule has 0 saturated carbocycles. The topological polar surface area (TPSA) is 65.2 Å². The number of aryl methyl sites for hydroxylation is 1. The van der Waals surface area contributed by atoms with E-state index >= 15 is 0 Å². The van der Waals surface area contributed by atoms with E-state index in [2.05, 4.69) is 26.1 Å². The summed E-state index contributed by atoms with van der Waals surface area (Å²) in [5.41, 5.74) is 1.37. The Hall–Kier alpha value is -2.54. The van der Waals surface area contributed by atoms with Gasteiger partial charge in [0.15, 0.2) is 6.61 Å². The number of halogens is 2. The number of carbonyl (C=O) groups excluding carboxylic acids is 1. The van der Waals surface area contributed by atoms with E-state index < -0.39 is 11.8 Å². The molecule has 24 heavy (non-hydrogen) atoms. The fraction of sp³-hybridized carbons (Fsp3) is 0.118. The minimum atomic E-state index is -0.655. The van der Waals surface area contributed by atoms with Gasteiger partial charge in [0.25, 0.3) is 5.89 Å². The Labute approximate surface area is 145 Å². The molecule has 0 aliphatic rings. The van der Waals surface area contributed by atoms with Crippen LogP contribution in [0.15, 0.2) is 51.5 Å². The normalized spacial score (nSPS) is 10.6. The lowest BCUT2D eigenvalue weighted by atomic mass is 10.1. The van der Waals surface area contributed by atoms with Crippen LogP contribution in [0.25, 0.3) is 11.4 Å². The Balaban J connectivity index is 1.65. The molecule has 2 aromatic carbocycles. The Morgan fingerprint density at radius 1 is 1.25 bits per heavy atom. The lowest BCUT2D eigenvalue weighted by molar-refractivity contribution is 0.0429. The second kappa shape index (κ2) is 6.92.